The Bertz CT molecular complexity index is 931. The maximum Gasteiger partial charge on any atom is 0.142 e. The number of halogens is 3. The summed E-state index contributed by atoms with van der Waals surface area (Å²) in [5, 5.41) is 8.74. The molecule has 0 radical (unpaired) electrons. The van der Waals surface area contributed by atoms with Crippen LogP contribution in [0, 0.1) is 46.5 Å². The summed E-state index contributed by atoms with van der Waals surface area (Å²) in [4.78, 5) is 0. The molecule has 0 heterocycles. The molecule has 28 heavy (non-hydrogen) atoms. The first-order valence-electron chi connectivity index (χ1n) is 9.72. The maximum absolute atomic E-state index is 14.5. The Morgan fingerprint density at radius 3 is 2.18 bits per heavy atom. The molecule has 1 fully saturated rings. The maximum atomic E-state index is 14.5. The van der Waals surface area contributed by atoms with Gasteiger partial charge in [-0.25, -0.2) is 13.2 Å². The van der Waals surface area contributed by atoms with Gasteiger partial charge in [0.1, 0.15) is 23.5 Å². The van der Waals surface area contributed by atoms with Crippen LogP contribution in [0.2, 0.25) is 0 Å². The molecule has 0 saturated heterocycles. The molecule has 0 unspecified atom stereocenters. The molecule has 0 aliphatic heterocycles. The van der Waals surface area contributed by atoms with Crippen LogP contribution >= 0.6 is 0 Å². The van der Waals surface area contributed by atoms with Crippen LogP contribution in [0.4, 0.5) is 13.2 Å². The van der Waals surface area contributed by atoms with Gasteiger partial charge in [-0.15, -0.1) is 0 Å². The van der Waals surface area contributed by atoms with Gasteiger partial charge in [0, 0.05) is 5.56 Å². The lowest BCUT2D eigenvalue weighted by Gasteiger charge is -2.28. The number of hydrogen-bond acceptors (Lipinski definition) is 1. The van der Waals surface area contributed by atoms with Crippen LogP contribution in [-0.4, -0.2) is 0 Å². The molecule has 1 aliphatic rings. The number of nitrogens with zero attached hydrogens (tertiary/aromatic N) is 1. The molecule has 2 aromatic carbocycles. The van der Waals surface area contributed by atoms with E-state index in [9.17, 15) is 13.2 Å². The van der Waals surface area contributed by atoms with Crippen LogP contribution in [0.25, 0.3) is 0 Å². The minimum absolute atomic E-state index is 0.0964. The summed E-state index contributed by atoms with van der Waals surface area (Å²) in [6.45, 7) is 2.18. The Morgan fingerprint density at radius 1 is 0.929 bits per heavy atom. The van der Waals surface area contributed by atoms with Crippen LogP contribution in [-0.2, 0) is 0 Å². The Kier molecular flexibility index (Phi) is 6.42. The van der Waals surface area contributed by atoms with Crippen molar-refractivity contribution in [2.24, 2.45) is 5.92 Å². The van der Waals surface area contributed by atoms with Crippen LogP contribution in [0.5, 0.6) is 0 Å². The fourth-order valence-electron chi connectivity index (χ4n) is 3.96. The van der Waals surface area contributed by atoms with E-state index in [2.05, 4.69) is 18.8 Å². The summed E-state index contributed by atoms with van der Waals surface area (Å²) in [5.74, 6) is 3.88. The standard InChI is InChI=1S/C24H22F3N/c1-2-3-16-4-8-18(9-5-16)20-13-23(26)21(24(27)14-20)11-7-17-6-10-19(15-28)22(25)12-17/h6,10,12-14,16,18H,2-5,8-9H2,1H3. The number of nitriles is 1. The molecule has 1 nitrogen and oxygen atoms in total. The second kappa shape index (κ2) is 8.98. The predicted molar refractivity (Wildman–Crippen MR) is 103 cm³/mol. The van der Waals surface area contributed by atoms with Gasteiger partial charge in [-0.05, 0) is 73.4 Å². The lowest BCUT2D eigenvalue weighted by atomic mass is 9.77. The van der Waals surface area contributed by atoms with Gasteiger partial charge in [-0.3, -0.25) is 0 Å². The normalized spacial score (nSPS) is 18.8. The molecule has 144 valence electrons. The fraction of sp³-hybridized carbons (Fsp3) is 0.375. The van der Waals surface area contributed by atoms with Gasteiger partial charge in [-0.1, -0.05) is 31.6 Å². The summed E-state index contributed by atoms with van der Waals surface area (Å²) < 4.78 is 42.6. The Balaban J connectivity index is 1.78. The van der Waals surface area contributed by atoms with E-state index in [0.29, 0.717) is 5.56 Å². The van der Waals surface area contributed by atoms with Crippen molar-refractivity contribution in [1.82, 2.24) is 0 Å². The van der Waals surface area contributed by atoms with E-state index in [4.69, 9.17) is 5.26 Å². The zero-order chi connectivity index (χ0) is 20.1. The molecule has 0 atom stereocenters. The minimum Gasteiger partial charge on any atom is -0.206 e. The molecular weight excluding hydrogens is 359 g/mol. The third-order valence-corrected chi connectivity index (χ3v) is 5.50. The van der Waals surface area contributed by atoms with E-state index in [1.165, 1.54) is 37.1 Å². The molecule has 2 aromatic rings. The lowest BCUT2D eigenvalue weighted by Crippen LogP contribution is -2.13. The Morgan fingerprint density at radius 2 is 1.61 bits per heavy atom. The second-order valence-corrected chi connectivity index (χ2v) is 7.42. The van der Waals surface area contributed by atoms with Crippen molar-refractivity contribution in [2.45, 2.75) is 51.4 Å². The molecule has 1 saturated carbocycles. The van der Waals surface area contributed by atoms with E-state index < -0.39 is 17.5 Å². The lowest BCUT2D eigenvalue weighted by molar-refractivity contribution is 0.307. The fourth-order valence-corrected chi connectivity index (χ4v) is 3.96. The van der Waals surface area contributed by atoms with Gasteiger partial charge in [0.2, 0.25) is 0 Å². The van der Waals surface area contributed by atoms with Crippen molar-refractivity contribution in [3.63, 3.8) is 0 Å². The van der Waals surface area contributed by atoms with Crippen LogP contribution in [0.15, 0.2) is 30.3 Å². The van der Waals surface area contributed by atoms with Crippen molar-refractivity contribution in [3.05, 3.63) is 70.0 Å². The molecule has 1 aliphatic carbocycles. The molecule has 3 rings (SSSR count). The van der Waals surface area contributed by atoms with Gasteiger partial charge in [-0.2, -0.15) is 5.26 Å². The van der Waals surface area contributed by atoms with Gasteiger partial charge in [0.15, 0.2) is 0 Å². The third kappa shape index (κ3) is 4.57. The van der Waals surface area contributed by atoms with Crippen LogP contribution < -0.4 is 0 Å². The number of hydrogen-bond donors (Lipinski definition) is 0. The monoisotopic (exact) mass is 381 g/mol. The average Bonchev–Trinajstić information content (AvgIpc) is 2.68. The molecule has 0 aromatic heterocycles. The quantitative estimate of drug-likeness (QED) is 0.561. The van der Waals surface area contributed by atoms with E-state index in [1.807, 2.05) is 0 Å². The summed E-state index contributed by atoms with van der Waals surface area (Å²) in [6, 6.07) is 8.33. The summed E-state index contributed by atoms with van der Waals surface area (Å²) in [7, 11) is 0. The average molecular weight is 381 g/mol. The molecule has 0 amide bonds. The SMILES string of the molecule is CCCC1CCC(c2cc(F)c(C#Cc3ccc(C#N)c(F)c3)c(F)c2)CC1. The van der Waals surface area contributed by atoms with Crippen molar-refractivity contribution in [3.8, 4) is 17.9 Å². The second-order valence-electron chi connectivity index (χ2n) is 7.42. The van der Waals surface area contributed by atoms with E-state index in [-0.39, 0.29) is 22.6 Å². The number of rotatable bonds is 3. The van der Waals surface area contributed by atoms with Gasteiger partial charge >= 0.3 is 0 Å². The first-order valence-corrected chi connectivity index (χ1v) is 9.72. The van der Waals surface area contributed by atoms with Crippen molar-refractivity contribution < 1.29 is 13.2 Å². The zero-order valence-electron chi connectivity index (χ0n) is 15.9. The third-order valence-electron chi connectivity index (χ3n) is 5.50. The topological polar surface area (TPSA) is 23.8 Å². The summed E-state index contributed by atoms with van der Waals surface area (Å²) in [5.41, 5.74) is 0.544. The molecule has 0 bridgehead atoms. The minimum atomic E-state index is -0.704. The van der Waals surface area contributed by atoms with Crippen molar-refractivity contribution in [1.29, 1.82) is 5.26 Å². The van der Waals surface area contributed by atoms with Gasteiger partial charge in [0.05, 0.1) is 11.1 Å². The first kappa shape index (κ1) is 20.0. The smallest absolute Gasteiger partial charge is 0.142 e. The van der Waals surface area contributed by atoms with E-state index >= 15 is 0 Å². The van der Waals surface area contributed by atoms with Gasteiger partial charge < -0.3 is 0 Å². The van der Waals surface area contributed by atoms with Crippen LogP contribution in [0.3, 0.4) is 0 Å². The van der Waals surface area contributed by atoms with E-state index in [1.54, 1.807) is 6.07 Å². The molecule has 4 heteroatoms. The molecular formula is C24H22F3N. The first-order chi connectivity index (χ1) is 13.5. The summed E-state index contributed by atoms with van der Waals surface area (Å²) >= 11 is 0. The van der Waals surface area contributed by atoms with Gasteiger partial charge in [0.25, 0.3) is 0 Å². The highest BCUT2D eigenvalue weighted by atomic mass is 19.1. The van der Waals surface area contributed by atoms with Crippen LogP contribution in [0.1, 0.15) is 73.6 Å². The highest BCUT2D eigenvalue weighted by Crippen LogP contribution is 2.38. The highest BCUT2D eigenvalue weighted by Gasteiger charge is 2.23. The largest absolute Gasteiger partial charge is 0.206 e. The highest BCUT2D eigenvalue weighted by molar-refractivity contribution is 5.47. The molecule has 0 N–H and O–H groups in total. The van der Waals surface area contributed by atoms with Crippen molar-refractivity contribution in [2.75, 3.05) is 0 Å². The Labute approximate surface area is 164 Å². The number of benzene rings is 2. The predicted octanol–water partition coefficient (Wildman–Crippen LogP) is 6.45. The zero-order valence-corrected chi connectivity index (χ0v) is 15.9. The van der Waals surface area contributed by atoms with E-state index in [0.717, 1.165) is 37.7 Å². The Hall–Kier alpha value is -2.72. The summed E-state index contributed by atoms with van der Waals surface area (Å²) in [6.07, 6.45) is 6.52. The van der Waals surface area contributed by atoms with Crippen molar-refractivity contribution >= 4 is 0 Å². The molecule has 0 spiro atoms.